The molecule has 3 aromatic carbocycles. The summed E-state index contributed by atoms with van der Waals surface area (Å²) in [7, 11) is 1.62. The lowest BCUT2D eigenvalue weighted by molar-refractivity contribution is -0.113. The molecule has 5 rings (SSSR count). The Hall–Kier alpha value is -3.83. The van der Waals surface area contributed by atoms with Gasteiger partial charge in [0.15, 0.2) is 0 Å². The molecule has 0 saturated heterocycles. The first kappa shape index (κ1) is 21.0. The van der Waals surface area contributed by atoms with Crippen LogP contribution in [0.5, 0.6) is 5.75 Å². The maximum absolute atomic E-state index is 13.5. The van der Waals surface area contributed by atoms with Gasteiger partial charge in [-0.3, -0.25) is 9.69 Å². The molecule has 4 nitrogen and oxygen atoms in total. The van der Waals surface area contributed by atoms with Crippen LogP contribution in [0.15, 0.2) is 112 Å². The van der Waals surface area contributed by atoms with Crippen LogP contribution in [0, 0.1) is 0 Å². The number of rotatable bonds is 5. The summed E-state index contributed by atoms with van der Waals surface area (Å²) >= 11 is 3.45. The van der Waals surface area contributed by atoms with Crippen LogP contribution in [-0.4, -0.2) is 13.0 Å². The van der Waals surface area contributed by atoms with E-state index in [1.54, 1.807) is 18.1 Å². The normalized spacial score (nSPS) is 14.6. The van der Waals surface area contributed by atoms with E-state index >= 15 is 0 Å². The van der Waals surface area contributed by atoms with Gasteiger partial charge >= 0.3 is 0 Å². The highest BCUT2D eigenvalue weighted by molar-refractivity contribution is 9.10. The molecule has 0 N–H and O–H groups in total. The SMILES string of the molecule is COc1ccc(N2C(=O)C(=Cc3ccc(-c4ccc(Br)cc4)o3)C=C2c2ccccc2)cc1. The van der Waals surface area contributed by atoms with Crippen molar-refractivity contribution in [3.05, 3.63) is 118 Å². The molecule has 0 aliphatic carbocycles. The number of furan rings is 1. The van der Waals surface area contributed by atoms with Gasteiger partial charge in [0.05, 0.1) is 12.8 Å². The number of hydrogen-bond donors (Lipinski definition) is 0. The van der Waals surface area contributed by atoms with Crippen molar-refractivity contribution in [2.75, 3.05) is 12.0 Å². The second-order valence-corrected chi connectivity index (χ2v) is 8.46. The lowest BCUT2D eigenvalue weighted by atomic mass is 10.1. The predicted molar refractivity (Wildman–Crippen MR) is 135 cm³/mol. The minimum Gasteiger partial charge on any atom is -0.497 e. The molecule has 33 heavy (non-hydrogen) atoms. The second-order valence-electron chi connectivity index (χ2n) is 7.54. The summed E-state index contributed by atoms with van der Waals surface area (Å²) < 4.78 is 12.3. The first-order chi connectivity index (χ1) is 16.1. The fourth-order valence-corrected chi connectivity index (χ4v) is 4.04. The molecular weight excluding hydrogens is 478 g/mol. The summed E-state index contributed by atoms with van der Waals surface area (Å²) in [6, 6.07) is 29.1. The van der Waals surface area contributed by atoms with E-state index in [-0.39, 0.29) is 5.91 Å². The number of carbonyl (C=O) groups excluding carboxylic acids is 1. The zero-order valence-corrected chi connectivity index (χ0v) is 19.5. The molecule has 1 aliphatic heterocycles. The van der Waals surface area contributed by atoms with Crippen molar-refractivity contribution < 1.29 is 13.9 Å². The standard InChI is InChI=1S/C28H20BrNO3/c1-32-24-13-11-23(12-14-24)30-26(19-5-3-2-4-6-19)18-21(28(30)31)17-25-15-16-27(33-25)20-7-9-22(29)10-8-20/h2-18H,1H3. The van der Waals surface area contributed by atoms with E-state index < -0.39 is 0 Å². The van der Waals surface area contributed by atoms with E-state index in [0.717, 1.165) is 38.5 Å². The summed E-state index contributed by atoms with van der Waals surface area (Å²) in [5, 5.41) is 0. The van der Waals surface area contributed by atoms with Gasteiger partial charge in [0, 0.05) is 21.3 Å². The quantitative estimate of drug-likeness (QED) is 0.274. The number of ether oxygens (including phenoxy) is 1. The maximum Gasteiger partial charge on any atom is 0.263 e. The topological polar surface area (TPSA) is 42.7 Å². The van der Waals surface area contributed by atoms with Gasteiger partial charge < -0.3 is 9.15 Å². The highest BCUT2D eigenvalue weighted by atomic mass is 79.9. The van der Waals surface area contributed by atoms with Gasteiger partial charge in [-0.05, 0) is 66.2 Å². The molecule has 5 heteroatoms. The number of halogens is 1. The number of anilines is 1. The molecule has 1 aromatic heterocycles. The highest BCUT2D eigenvalue weighted by Gasteiger charge is 2.30. The number of nitrogens with zero attached hydrogens (tertiary/aromatic N) is 1. The molecular formula is C28H20BrNO3. The van der Waals surface area contributed by atoms with Gasteiger partial charge in [-0.25, -0.2) is 0 Å². The van der Waals surface area contributed by atoms with Crippen molar-refractivity contribution in [1.82, 2.24) is 0 Å². The summed E-state index contributed by atoms with van der Waals surface area (Å²) in [6.07, 6.45) is 3.70. The molecule has 0 saturated carbocycles. The number of benzene rings is 3. The molecule has 0 fully saturated rings. The minimum absolute atomic E-state index is 0.111. The molecule has 1 amide bonds. The Morgan fingerprint density at radius 1 is 0.848 bits per heavy atom. The number of methoxy groups -OCH3 is 1. The van der Waals surface area contributed by atoms with Crippen molar-refractivity contribution in [2.45, 2.75) is 0 Å². The average molecular weight is 498 g/mol. The Morgan fingerprint density at radius 3 is 2.27 bits per heavy atom. The van der Waals surface area contributed by atoms with E-state index in [4.69, 9.17) is 9.15 Å². The largest absolute Gasteiger partial charge is 0.497 e. The van der Waals surface area contributed by atoms with Crippen LogP contribution in [-0.2, 0) is 4.79 Å². The number of hydrogen-bond acceptors (Lipinski definition) is 3. The second kappa shape index (κ2) is 8.96. The zero-order chi connectivity index (χ0) is 22.8. The van der Waals surface area contributed by atoms with Crippen molar-refractivity contribution in [3.63, 3.8) is 0 Å². The van der Waals surface area contributed by atoms with Gasteiger partial charge in [-0.15, -0.1) is 0 Å². The average Bonchev–Trinajstić information content (AvgIpc) is 3.45. The zero-order valence-electron chi connectivity index (χ0n) is 17.9. The van der Waals surface area contributed by atoms with Crippen LogP contribution >= 0.6 is 15.9 Å². The molecule has 162 valence electrons. The summed E-state index contributed by atoms with van der Waals surface area (Å²) in [4.78, 5) is 15.2. The van der Waals surface area contributed by atoms with E-state index in [0.29, 0.717) is 11.3 Å². The third-order valence-corrected chi connectivity index (χ3v) is 5.97. The van der Waals surface area contributed by atoms with Crippen LogP contribution in [0.2, 0.25) is 0 Å². The van der Waals surface area contributed by atoms with Crippen LogP contribution in [0.1, 0.15) is 11.3 Å². The summed E-state index contributed by atoms with van der Waals surface area (Å²) in [6.45, 7) is 0. The fourth-order valence-electron chi connectivity index (χ4n) is 3.78. The summed E-state index contributed by atoms with van der Waals surface area (Å²) in [5.41, 5.74) is 4.08. The third kappa shape index (κ3) is 4.28. The Balaban J connectivity index is 1.52. The molecule has 1 aliphatic rings. The van der Waals surface area contributed by atoms with Gasteiger partial charge in [0.2, 0.25) is 0 Å². The molecule has 0 spiro atoms. The molecule has 2 heterocycles. The van der Waals surface area contributed by atoms with Crippen molar-refractivity contribution in [1.29, 1.82) is 0 Å². The Kier molecular flexibility index (Phi) is 5.71. The first-order valence-electron chi connectivity index (χ1n) is 10.5. The fraction of sp³-hybridized carbons (Fsp3) is 0.0357. The Labute approximate surface area is 200 Å². The third-order valence-electron chi connectivity index (χ3n) is 5.44. The van der Waals surface area contributed by atoms with Crippen molar-refractivity contribution in [2.24, 2.45) is 0 Å². The van der Waals surface area contributed by atoms with Gasteiger partial charge in [-0.2, -0.15) is 0 Å². The molecule has 4 aromatic rings. The van der Waals surface area contributed by atoms with E-state index in [1.807, 2.05) is 97.1 Å². The van der Waals surface area contributed by atoms with Crippen LogP contribution in [0.25, 0.3) is 23.1 Å². The molecule has 0 bridgehead atoms. The number of amides is 1. The Bertz CT molecular complexity index is 1350. The van der Waals surface area contributed by atoms with Crippen LogP contribution in [0.3, 0.4) is 0 Å². The molecule has 0 atom stereocenters. The van der Waals surface area contributed by atoms with E-state index in [2.05, 4.69) is 15.9 Å². The Morgan fingerprint density at radius 2 is 1.58 bits per heavy atom. The lowest BCUT2D eigenvalue weighted by Gasteiger charge is -2.21. The molecule has 0 unspecified atom stereocenters. The first-order valence-corrected chi connectivity index (χ1v) is 11.2. The predicted octanol–water partition coefficient (Wildman–Crippen LogP) is 7.19. The highest BCUT2D eigenvalue weighted by Crippen LogP contribution is 2.36. The van der Waals surface area contributed by atoms with Gasteiger partial charge in [0.25, 0.3) is 5.91 Å². The van der Waals surface area contributed by atoms with Gasteiger partial charge in [0.1, 0.15) is 17.3 Å². The van der Waals surface area contributed by atoms with Gasteiger partial charge in [-0.1, -0.05) is 58.4 Å². The molecule has 0 radical (unpaired) electrons. The maximum atomic E-state index is 13.5. The van der Waals surface area contributed by atoms with Crippen LogP contribution < -0.4 is 9.64 Å². The van der Waals surface area contributed by atoms with Crippen molar-refractivity contribution >= 4 is 39.3 Å². The smallest absolute Gasteiger partial charge is 0.263 e. The van der Waals surface area contributed by atoms with Crippen molar-refractivity contribution in [3.8, 4) is 17.1 Å². The van der Waals surface area contributed by atoms with E-state index in [9.17, 15) is 4.79 Å². The minimum atomic E-state index is -0.111. The lowest BCUT2D eigenvalue weighted by Crippen LogP contribution is -2.24. The van der Waals surface area contributed by atoms with E-state index in [1.165, 1.54) is 0 Å². The summed E-state index contributed by atoms with van der Waals surface area (Å²) in [5.74, 6) is 2.00. The monoisotopic (exact) mass is 497 g/mol. The number of carbonyl (C=O) groups is 1. The van der Waals surface area contributed by atoms with Crippen LogP contribution in [0.4, 0.5) is 5.69 Å².